The smallest absolute Gasteiger partial charge is 0.394 e. The lowest BCUT2D eigenvalue weighted by atomic mass is 10.1. The lowest BCUT2D eigenvalue weighted by Gasteiger charge is -2.12. The number of aromatic nitrogens is 2. The van der Waals surface area contributed by atoms with E-state index >= 15 is 0 Å². The Hall–Kier alpha value is -3.29. The highest BCUT2D eigenvalue weighted by atomic mass is 19.3. The van der Waals surface area contributed by atoms with Gasteiger partial charge in [0.15, 0.2) is 0 Å². The number of carboxylic acids is 1. The SMILES string of the molecule is CC(F)(F)Oc1ccc(-c2noc(-c3cccc(C(=O)O)c3)n2)cc1. The molecule has 0 atom stereocenters. The molecule has 0 saturated heterocycles. The van der Waals surface area contributed by atoms with E-state index in [0.717, 1.165) is 0 Å². The van der Waals surface area contributed by atoms with Crippen LogP contribution in [0.25, 0.3) is 22.8 Å². The van der Waals surface area contributed by atoms with Gasteiger partial charge in [-0.15, -0.1) is 0 Å². The number of benzene rings is 2. The normalized spacial score (nSPS) is 11.3. The second-order valence-corrected chi connectivity index (χ2v) is 5.24. The lowest BCUT2D eigenvalue weighted by molar-refractivity contribution is -0.158. The second-order valence-electron chi connectivity index (χ2n) is 5.24. The van der Waals surface area contributed by atoms with Crippen molar-refractivity contribution in [3.8, 4) is 28.6 Å². The van der Waals surface area contributed by atoms with E-state index in [1.165, 1.54) is 36.4 Å². The van der Waals surface area contributed by atoms with Crippen LogP contribution >= 0.6 is 0 Å². The van der Waals surface area contributed by atoms with Gasteiger partial charge < -0.3 is 14.4 Å². The maximum absolute atomic E-state index is 12.8. The summed E-state index contributed by atoms with van der Waals surface area (Å²) < 4.78 is 35.2. The molecule has 0 aliphatic heterocycles. The molecule has 1 aromatic heterocycles. The van der Waals surface area contributed by atoms with Crippen LogP contribution in [-0.2, 0) is 0 Å². The van der Waals surface area contributed by atoms with E-state index in [2.05, 4.69) is 14.9 Å². The van der Waals surface area contributed by atoms with Crippen molar-refractivity contribution in [1.29, 1.82) is 0 Å². The van der Waals surface area contributed by atoms with Crippen LogP contribution in [0.2, 0.25) is 0 Å². The summed E-state index contributed by atoms with van der Waals surface area (Å²) in [6, 6.07) is 11.9. The van der Waals surface area contributed by atoms with Gasteiger partial charge in [0.2, 0.25) is 5.82 Å². The van der Waals surface area contributed by atoms with E-state index < -0.39 is 12.1 Å². The minimum absolute atomic E-state index is 0.00845. The molecule has 25 heavy (non-hydrogen) atoms. The molecule has 1 heterocycles. The third-order valence-electron chi connectivity index (χ3n) is 3.19. The molecule has 0 bridgehead atoms. The van der Waals surface area contributed by atoms with Gasteiger partial charge in [0.1, 0.15) is 5.75 Å². The van der Waals surface area contributed by atoms with Gasteiger partial charge in [-0.3, -0.25) is 0 Å². The molecule has 0 spiro atoms. The summed E-state index contributed by atoms with van der Waals surface area (Å²) >= 11 is 0. The number of halogens is 2. The quantitative estimate of drug-likeness (QED) is 0.749. The average Bonchev–Trinajstić information content (AvgIpc) is 3.04. The Morgan fingerprint density at radius 2 is 1.88 bits per heavy atom. The lowest BCUT2D eigenvalue weighted by Crippen LogP contribution is -2.18. The van der Waals surface area contributed by atoms with E-state index in [9.17, 15) is 13.6 Å². The van der Waals surface area contributed by atoms with Crippen LogP contribution in [0.4, 0.5) is 8.78 Å². The molecule has 0 unspecified atom stereocenters. The van der Waals surface area contributed by atoms with Crippen LogP contribution in [-0.4, -0.2) is 27.3 Å². The van der Waals surface area contributed by atoms with E-state index in [0.29, 0.717) is 18.1 Å². The van der Waals surface area contributed by atoms with Crippen molar-refractivity contribution in [3.05, 3.63) is 54.1 Å². The first-order valence-corrected chi connectivity index (χ1v) is 7.16. The number of carbonyl (C=O) groups is 1. The van der Waals surface area contributed by atoms with Crippen molar-refractivity contribution in [2.24, 2.45) is 0 Å². The fraction of sp³-hybridized carbons (Fsp3) is 0.118. The van der Waals surface area contributed by atoms with E-state index in [1.807, 2.05) is 0 Å². The molecule has 8 heteroatoms. The van der Waals surface area contributed by atoms with Gasteiger partial charge in [-0.25, -0.2) is 4.79 Å². The van der Waals surface area contributed by atoms with Gasteiger partial charge in [0.05, 0.1) is 5.56 Å². The Bertz CT molecular complexity index is 902. The summed E-state index contributed by atoms with van der Waals surface area (Å²) in [5.74, 6) is -0.664. The zero-order valence-corrected chi connectivity index (χ0v) is 12.9. The van der Waals surface area contributed by atoms with Crippen molar-refractivity contribution in [2.75, 3.05) is 0 Å². The minimum atomic E-state index is -3.27. The average molecular weight is 346 g/mol. The molecule has 0 amide bonds. The van der Waals surface area contributed by atoms with Gasteiger partial charge in [-0.2, -0.15) is 13.8 Å². The number of alkyl halides is 2. The Morgan fingerprint density at radius 1 is 1.16 bits per heavy atom. The number of hydrogen-bond donors (Lipinski definition) is 1. The number of nitrogens with zero attached hydrogens (tertiary/aromatic N) is 2. The minimum Gasteiger partial charge on any atom is -0.478 e. The number of aromatic carboxylic acids is 1. The van der Waals surface area contributed by atoms with Gasteiger partial charge in [-0.05, 0) is 42.5 Å². The number of hydrogen-bond acceptors (Lipinski definition) is 5. The molecule has 0 radical (unpaired) electrons. The maximum Gasteiger partial charge on any atom is 0.394 e. The first-order chi connectivity index (χ1) is 11.8. The van der Waals surface area contributed by atoms with Gasteiger partial charge in [-0.1, -0.05) is 11.2 Å². The highest BCUT2D eigenvalue weighted by Gasteiger charge is 2.23. The Kier molecular flexibility index (Phi) is 4.18. The summed E-state index contributed by atoms with van der Waals surface area (Å²) in [7, 11) is 0. The summed E-state index contributed by atoms with van der Waals surface area (Å²) in [6.07, 6.45) is -3.27. The molecule has 0 aliphatic carbocycles. The molecule has 0 aliphatic rings. The molecule has 3 rings (SSSR count). The van der Waals surface area contributed by atoms with Crippen LogP contribution in [0.3, 0.4) is 0 Å². The summed E-state index contributed by atoms with van der Waals surface area (Å²) in [4.78, 5) is 15.2. The van der Waals surface area contributed by atoms with Crippen molar-refractivity contribution in [1.82, 2.24) is 10.1 Å². The topological polar surface area (TPSA) is 85.5 Å². The molecule has 0 saturated carbocycles. The molecule has 128 valence electrons. The van der Waals surface area contributed by atoms with Crippen molar-refractivity contribution in [2.45, 2.75) is 13.0 Å². The first kappa shape index (κ1) is 16.6. The Balaban J connectivity index is 1.84. The van der Waals surface area contributed by atoms with E-state index in [-0.39, 0.29) is 23.0 Å². The fourth-order valence-electron chi connectivity index (χ4n) is 2.12. The summed E-state index contributed by atoms with van der Waals surface area (Å²) in [5.41, 5.74) is 1.10. The van der Waals surface area contributed by atoms with Crippen LogP contribution in [0.1, 0.15) is 17.3 Å². The maximum atomic E-state index is 12.8. The van der Waals surface area contributed by atoms with Crippen LogP contribution < -0.4 is 4.74 Å². The van der Waals surface area contributed by atoms with Gasteiger partial charge in [0, 0.05) is 18.1 Å². The monoisotopic (exact) mass is 346 g/mol. The van der Waals surface area contributed by atoms with Gasteiger partial charge in [0.25, 0.3) is 5.89 Å². The fourth-order valence-corrected chi connectivity index (χ4v) is 2.12. The predicted octanol–water partition coefficient (Wildman–Crippen LogP) is 4.09. The summed E-state index contributed by atoms with van der Waals surface area (Å²) in [5, 5.41) is 12.8. The highest BCUT2D eigenvalue weighted by molar-refractivity contribution is 5.89. The number of ether oxygens (including phenoxy) is 1. The largest absolute Gasteiger partial charge is 0.478 e. The van der Waals surface area contributed by atoms with E-state index in [1.54, 1.807) is 12.1 Å². The number of rotatable bonds is 5. The third kappa shape index (κ3) is 3.97. The Morgan fingerprint density at radius 3 is 2.52 bits per heavy atom. The number of carboxylic acid groups (broad SMARTS) is 1. The molecule has 3 aromatic rings. The molecule has 0 fully saturated rings. The standard InChI is InChI=1S/C17H12F2N2O4/c1-17(18,19)24-13-7-5-10(6-8-13)14-20-15(25-21-14)11-3-2-4-12(9-11)16(22)23/h2-9H,1H3,(H,22,23). The molecule has 1 N–H and O–H groups in total. The van der Waals surface area contributed by atoms with Gasteiger partial charge >= 0.3 is 12.1 Å². The highest BCUT2D eigenvalue weighted by Crippen LogP contribution is 2.26. The zero-order valence-electron chi connectivity index (χ0n) is 12.9. The summed E-state index contributed by atoms with van der Waals surface area (Å²) in [6.45, 7) is 0.650. The van der Waals surface area contributed by atoms with Crippen LogP contribution in [0.15, 0.2) is 53.1 Å². The Labute approximate surface area is 140 Å². The van der Waals surface area contributed by atoms with Crippen molar-refractivity contribution < 1.29 is 27.9 Å². The van der Waals surface area contributed by atoms with Crippen LogP contribution in [0.5, 0.6) is 5.75 Å². The molecular weight excluding hydrogens is 334 g/mol. The van der Waals surface area contributed by atoms with Crippen LogP contribution in [0, 0.1) is 0 Å². The van der Waals surface area contributed by atoms with Crippen molar-refractivity contribution >= 4 is 5.97 Å². The second kappa shape index (κ2) is 6.31. The predicted molar refractivity (Wildman–Crippen MR) is 83.4 cm³/mol. The molecular formula is C17H12F2N2O4. The zero-order chi connectivity index (χ0) is 18.0. The first-order valence-electron chi connectivity index (χ1n) is 7.16. The van der Waals surface area contributed by atoms with Crippen molar-refractivity contribution in [3.63, 3.8) is 0 Å². The molecule has 6 nitrogen and oxygen atoms in total. The van der Waals surface area contributed by atoms with E-state index in [4.69, 9.17) is 9.63 Å². The third-order valence-corrected chi connectivity index (χ3v) is 3.19. The molecule has 2 aromatic carbocycles.